The topological polar surface area (TPSA) is 66.7 Å². The number of nitrogens with zero attached hydrogens (tertiary/aromatic N) is 2. The number of fused-ring (bicyclic) bond motifs is 1. The molecule has 7 heteroatoms. The van der Waals surface area contributed by atoms with Gasteiger partial charge < -0.3 is 10.2 Å². The molecule has 2 fully saturated rings. The summed E-state index contributed by atoms with van der Waals surface area (Å²) in [6.45, 7) is 1.08. The monoisotopic (exact) mass is 373 g/mol. The van der Waals surface area contributed by atoms with Gasteiger partial charge in [0.15, 0.2) is 6.67 Å². The minimum absolute atomic E-state index is 0.0342. The summed E-state index contributed by atoms with van der Waals surface area (Å²) in [6, 6.07) is 7.85. The molecule has 6 nitrogen and oxygen atoms in total. The highest BCUT2D eigenvalue weighted by Gasteiger charge is 2.51. The number of para-hydroxylation sites is 1. The average molecular weight is 374 g/mol. The summed E-state index contributed by atoms with van der Waals surface area (Å²) < 4.78 is 1.17. The van der Waals surface area contributed by atoms with Crippen LogP contribution in [0, 0.1) is 0 Å². The summed E-state index contributed by atoms with van der Waals surface area (Å²) in [5, 5.41) is 4.04. The number of hydrogen-bond donors (Lipinski definition) is 2. The van der Waals surface area contributed by atoms with Crippen molar-refractivity contribution in [2.75, 3.05) is 13.7 Å². The van der Waals surface area contributed by atoms with Crippen LogP contribution in [0.4, 0.5) is 4.79 Å². The highest BCUT2D eigenvalue weighted by molar-refractivity contribution is 7.18. The first-order valence-electron chi connectivity index (χ1n) is 9.37. The molecule has 2 aromatic rings. The number of carbonyl (C=O) groups is 2. The second-order valence-corrected chi connectivity index (χ2v) is 8.64. The zero-order valence-corrected chi connectivity index (χ0v) is 15.9. The number of benzene rings is 1. The minimum Gasteiger partial charge on any atom is -0.323 e. The molecule has 1 atom stereocenters. The number of urea groups is 1. The van der Waals surface area contributed by atoms with Crippen molar-refractivity contribution in [3.63, 3.8) is 0 Å². The third-order valence-electron chi connectivity index (χ3n) is 5.42. The fraction of sp³-hybridized carbons (Fsp3) is 0.526. The van der Waals surface area contributed by atoms with Gasteiger partial charge in [0.2, 0.25) is 0 Å². The van der Waals surface area contributed by atoms with Crippen LogP contribution in [-0.4, -0.2) is 41.1 Å². The molecule has 1 aliphatic heterocycles. The van der Waals surface area contributed by atoms with E-state index >= 15 is 0 Å². The lowest BCUT2D eigenvalue weighted by Gasteiger charge is -2.25. The lowest BCUT2D eigenvalue weighted by Crippen LogP contribution is -3.09. The fourth-order valence-electron chi connectivity index (χ4n) is 4.07. The van der Waals surface area contributed by atoms with Gasteiger partial charge in [-0.2, -0.15) is 0 Å². The SMILES string of the molecule is C[NH+](Cc1nc2ccccc2s1)CN1C(=O)NC2(CCCCCC2)C1=O. The van der Waals surface area contributed by atoms with Gasteiger partial charge in [-0.25, -0.2) is 14.7 Å². The van der Waals surface area contributed by atoms with Crippen molar-refractivity contribution in [1.82, 2.24) is 15.2 Å². The number of imide groups is 1. The number of rotatable bonds is 4. The van der Waals surface area contributed by atoms with Crippen molar-refractivity contribution in [2.24, 2.45) is 0 Å². The molecule has 1 unspecified atom stereocenters. The van der Waals surface area contributed by atoms with Crippen molar-refractivity contribution in [3.8, 4) is 0 Å². The Kier molecular flexibility index (Phi) is 4.67. The van der Waals surface area contributed by atoms with E-state index in [0.29, 0.717) is 13.2 Å². The Morgan fingerprint density at radius 3 is 2.65 bits per heavy atom. The smallest absolute Gasteiger partial charge is 0.323 e. The zero-order valence-electron chi connectivity index (χ0n) is 15.1. The molecule has 26 heavy (non-hydrogen) atoms. The Morgan fingerprint density at radius 2 is 1.92 bits per heavy atom. The van der Waals surface area contributed by atoms with Gasteiger partial charge in [0.05, 0.1) is 17.3 Å². The Morgan fingerprint density at radius 1 is 1.19 bits per heavy atom. The van der Waals surface area contributed by atoms with Crippen LogP contribution in [0.3, 0.4) is 0 Å². The number of carbonyl (C=O) groups excluding carboxylic acids is 2. The number of thiazole rings is 1. The van der Waals surface area contributed by atoms with E-state index in [9.17, 15) is 9.59 Å². The first-order valence-corrected chi connectivity index (χ1v) is 10.2. The lowest BCUT2D eigenvalue weighted by molar-refractivity contribution is -0.901. The standard InChI is InChI=1S/C19H24N4O2S/c1-22(12-16-20-14-8-4-5-9-15(14)26-16)13-23-17(24)19(21-18(23)25)10-6-2-3-7-11-19/h4-5,8-9H,2-3,6-7,10-13H2,1H3,(H,21,25)/p+1. The van der Waals surface area contributed by atoms with Gasteiger partial charge in [0.1, 0.15) is 17.1 Å². The molecule has 3 amide bonds. The molecule has 0 radical (unpaired) electrons. The molecule has 1 saturated heterocycles. The Labute approximate surface area is 157 Å². The zero-order chi connectivity index (χ0) is 18.1. The van der Waals surface area contributed by atoms with Crippen molar-refractivity contribution in [2.45, 2.75) is 50.6 Å². The number of quaternary nitrogens is 1. The maximum atomic E-state index is 13.0. The fourth-order valence-corrected chi connectivity index (χ4v) is 5.15. The van der Waals surface area contributed by atoms with Gasteiger partial charge in [0.25, 0.3) is 5.91 Å². The van der Waals surface area contributed by atoms with E-state index in [1.807, 2.05) is 25.2 Å². The van der Waals surface area contributed by atoms with Crippen LogP contribution < -0.4 is 10.2 Å². The van der Waals surface area contributed by atoms with Crippen molar-refractivity contribution >= 4 is 33.5 Å². The van der Waals surface area contributed by atoms with Gasteiger partial charge in [-0.15, -0.1) is 11.3 Å². The van der Waals surface area contributed by atoms with E-state index in [4.69, 9.17) is 0 Å². The molecule has 1 spiro atoms. The lowest BCUT2D eigenvalue weighted by atomic mass is 9.90. The third-order valence-corrected chi connectivity index (χ3v) is 6.46. The van der Waals surface area contributed by atoms with Crippen molar-refractivity contribution < 1.29 is 14.5 Å². The molecule has 1 saturated carbocycles. The van der Waals surface area contributed by atoms with E-state index < -0.39 is 5.54 Å². The first kappa shape index (κ1) is 17.4. The Balaban J connectivity index is 1.44. The van der Waals surface area contributed by atoms with Gasteiger partial charge in [0, 0.05) is 0 Å². The summed E-state index contributed by atoms with van der Waals surface area (Å²) in [5.41, 5.74) is 0.358. The summed E-state index contributed by atoms with van der Waals surface area (Å²) in [5.74, 6) is -0.0342. The molecule has 4 rings (SSSR count). The predicted molar refractivity (Wildman–Crippen MR) is 101 cm³/mol. The molecule has 0 bridgehead atoms. The van der Waals surface area contributed by atoms with Crippen LogP contribution in [0.5, 0.6) is 0 Å². The quantitative estimate of drug-likeness (QED) is 0.805. The Bertz CT molecular complexity index is 793. The first-order chi connectivity index (χ1) is 12.6. The van der Waals surface area contributed by atoms with E-state index in [2.05, 4.69) is 16.4 Å². The number of hydrogen-bond acceptors (Lipinski definition) is 4. The average Bonchev–Trinajstić information content (AvgIpc) is 2.99. The maximum absolute atomic E-state index is 13.0. The third kappa shape index (κ3) is 3.21. The van der Waals surface area contributed by atoms with Crippen molar-refractivity contribution in [1.29, 1.82) is 0 Å². The molecule has 1 aliphatic carbocycles. The molecule has 2 heterocycles. The normalized spacial score (nSPS) is 21.2. The second-order valence-electron chi connectivity index (χ2n) is 7.53. The molecule has 2 aliphatic rings. The predicted octanol–water partition coefficient (Wildman–Crippen LogP) is 1.91. The maximum Gasteiger partial charge on any atom is 0.329 e. The van der Waals surface area contributed by atoms with E-state index in [-0.39, 0.29) is 11.9 Å². The van der Waals surface area contributed by atoms with Gasteiger partial charge in [-0.1, -0.05) is 37.8 Å². The number of aromatic nitrogens is 1. The van der Waals surface area contributed by atoms with Crippen molar-refractivity contribution in [3.05, 3.63) is 29.3 Å². The molecule has 1 aromatic heterocycles. The van der Waals surface area contributed by atoms with Crippen LogP contribution in [0.2, 0.25) is 0 Å². The van der Waals surface area contributed by atoms with Crippen LogP contribution in [0.15, 0.2) is 24.3 Å². The second kappa shape index (κ2) is 6.96. The van der Waals surface area contributed by atoms with E-state index in [1.165, 1.54) is 9.60 Å². The Hall–Kier alpha value is -1.99. The number of amides is 3. The van der Waals surface area contributed by atoms with Gasteiger partial charge in [-0.3, -0.25) is 4.79 Å². The highest BCUT2D eigenvalue weighted by Crippen LogP contribution is 2.32. The van der Waals surface area contributed by atoms with Gasteiger partial charge >= 0.3 is 6.03 Å². The van der Waals surface area contributed by atoms with Crippen LogP contribution in [-0.2, 0) is 11.3 Å². The van der Waals surface area contributed by atoms with E-state index in [0.717, 1.165) is 53.9 Å². The van der Waals surface area contributed by atoms with Crippen LogP contribution in [0.25, 0.3) is 10.2 Å². The summed E-state index contributed by atoms with van der Waals surface area (Å²) in [4.78, 5) is 32.6. The molecule has 1 aromatic carbocycles. The van der Waals surface area contributed by atoms with Gasteiger partial charge in [-0.05, 0) is 25.0 Å². The number of nitrogens with one attached hydrogen (secondary N) is 2. The molecular formula is C19H25N4O2S+. The summed E-state index contributed by atoms with van der Waals surface area (Å²) in [6.07, 6.45) is 5.85. The minimum atomic E-state index is -0.649. The van der Waals surface area contributed by atoms with E-state index in [1.54, 1.807) is 11.3 Å². The summed E-state index contributed by atoms with van der Waals surface area (Å²) in [7, 11) is 2.00. The highest BCUT2D eigenvalue weighted by atomic mass is 32.1. The molecule has 138 valence electrons. The molecule has 2 N–H and O–H groups in total. The molecular weight excluding hydrogens is 348 g/mol. The summed E-state index contributed by atoms with van der Waals surface area (Å²) >= 11 is 1.67. The van der Waals surface area contributed by atoms with Crippen LogP contribution >= 0.6 is 11.3 Å². The largest absolute Gasteiger partial charge is 0.329 e. The van der Waals surface area contributed by atoms with Crippen LogP contribution in [0.1, 0.15) is 43.5 Å².